The van der Waals surface area contributed by atoms with E-state index in [-0.39, 0.29) is 17.2 Å². The maximum Gasteiger partial charge on any atom is 0.258 e. The maximum absolute atomic E-state index is 11.9. The first-order valence-corrected chi connectivity index (χ1v) is 5.89. The second-order valence-corrected chi connectivity index (χ2v) is 5.27. The Hall–Kier alpha value is -2.16. The third kappa shape index (κ3) is 1.51. The molecule has 0 atom stereocenters. The topological polar surface area (TPSA) is 46.2 Å². The Morgan fingerprint density at radius 2 is 1.89 bits per heavy atom. The highest BCUT2D eigenvalue weighted by Crippen LogP contribution is 2.21. The molecule has 1 aliphatic heterocycles. The third-order valence-corrected chi connectivity index (χ3v) is 3.29. The average molecular weight is 239 g/mol. The van der Waals surface area contributed by atoms with E-state index >= 15 is 0 Å². The minimum absolute atomic E-state index is 0.136. The molecular formula is C15H13NO2. The number of nitrogens with one attached hydrogen (secondary N) is 1. The summed E-state index contributed by atoms with van der Waals surface area (Å²) in [5.74, 6) is -0.635. The van der Waals surface area contributed by atoms with Gasteiger partial charge in [0.25, 0.3) is 11.8 Å². The summed E-state index contributed by atoms with van der Waals surface area (Å²) in [7, 11) is 0. The second-order valence-electron chi connectivity index (χ2n) is 5.27. The lowest BCUT2D eigenvalue weighted by Crippen LogP contribution is -2.46. The summed E-state index contributed by atoms with van der Waals surface area (Å²) in [5.41, 5.74) is 1.01. The van der Waals surface area contributed by atoms with Gasteiger partial charge in [0.2, 0.25) is 0 Å². The van der Waals surface area contributed by atoms with Gasteiger partial charge in [0, 0.05) is 21.8 Å². The molecule has 0 saturated heterocycles. The number of hydrogen-bond acceptors (Lipinski definition) is 2. The lowest BCUT2D eigenvalue weighted by molar-refractivity contribution is -0.114. The van der Waals surface area contributed by atoms with Crippen molar-refractivity contribution in [2.24, 2.45) is 5.41 Å². The van der Waals surface area contributed by atoms with E-state index in [1.807, 2.05) is 24.3 Å². The number of amides is 2. The van der Waals surface area contributed by atoms with Gasteiger partial charge in [-0.25, -0.2) is 0 Å². The molecule has 2 amide bonds. The monoisotopic (exact) mass is 239 g/mol. The fourth-order valence-corrected chi connectivity index (χ4v) is 2.44. The van der Waals surface area contributed by atoms with Crippen molar-refractivity contribution >= 4 is 23.5 Å². The first kappa shape index (κ1) is 11.0. The van der Waals surface area contributed by atoms with E-state index in [1.165, 1.54) is 0 Å². The molecule has 0 bridgehead atoms. The first-order chi connectivity index (χ1) is 8.48. The summed E-state index contributed by atoms with van der Waals surface area (Å²) in [5, 5.41) is 4.08. The zero-order valence-electron chi connectivity index (χ0n) is 10.3. The van der Waals surface area contributed by atoms with Crippen LogP contribution in [-0.4, -0.2) is 11.8 Å². The standard InChI is InChI=1S/C15H13NO2/c1-15(2)7-6-11-12-9(8-15)4-3-5-10(12)13(17)16-14(11)18/h3-8H,1-2H3,(H,16,17,18). The van der Waals surface area contributed by atoms with E-state index < -0.39 is 0 Å². The Morgan fingerprint density at radius 1 is 1.11 bits per heavy atom. The van der Waals surface area contributed by atoms with Gasteiger partial charge in [0.1, 0.15) is 0 Å². The lowest BCUT2D eigenvalue weighted by Gasteiger charge is -2.13. The molecule has 0 fully saturated rings. The summed E-state index contributed by atoms with van der Waals surface area (Å²) in [6, 6.07) is 5.54. The molecule has 3 rings (SSSR count). The number of carbonyl (C=O) groups is 2. The van der Waals surface area contributed by atoms with E-state index in [0.717, 1.165) is 10.4 Å². The van der Waals surface area contributed by atoms with E-state index in [2.05, 4.69) is 25.2 Å². The van der Waals surface area contributed by atoms with Crippen LogP contribution < -0.4 is 15.8 Å². The molecule has 3 nitrogen and oxygen atoms in total. The summed E-state index contributed by atoms with van der Waals surface area (Å²) >= 11 is 0. The molecule has 1 aliphatic carbocycles. The number of hydrogen-bond donors (Lipinski definition) is 1. The van der Waals surface area contributed by atoms with Crippen molar-refractivity contribution in [2.45, 2.75) is 13.8 Å². The Balaban J connectivity index is 2.54. The average Bonchev–Trinajstić information content (AvgIpc) is 2.42. The predicted molar refractivity (Wildman–Crippen MR) is 69.0 cm³/mol. The number of rotatable bonds is 0. The van der Waals surface area contributed by atoms with Crippen LogP contribution >= 0.6 is 0 Å². The third-order valence-electron chi connectivity index (χ3n) is 3.29. The highest BCUT2D eigenvalue weighted by Gasteiger charge is 2.25. The van der Waals surface area contributed by atoms with Crippen molar-refractivity contribution in [3.8, 4) is 0 Å². The normalized spacial score (nSPS) is 19.8. The SMILES string of the molecule is CC1(C)C=CC2=c3c(cccc3=C1)C(=O)NC2=O. The molecule has 1 N–H and O–H groups in total. The van der Waals surface area contributed by atoms with Crippen LogP contribution in [0.4, 0.5) is 0 Å². The minimum atomic E-state index is -0.317. The Bertz CT molecular complexity index is 723. The molecule has 3 heteroatoms. The number of allylic oxidation sites excluding steroid dienone is 1. The molecule has 18 heavy (non-hydrogen) atoms. The smallest absolute Gasteiger partial charge is 0.258 e. The molecule has 1 aromatic rings. The van der Waals surface area contributed by atoms with E-state index in [9.17, 15) is 9.59 Å². The van der Waals surface area contributed by atoms with Crippen LogP contribution in [0.2, 0.25) is 0 Å². The Kier molecular flexibility index (Phi) is 2.08. The zero-order chi connectivity index (χ0) is 12.9. The molecule has 0 spiro atoms. The van der Waals surface area contributed by atoms with E-state index in [1.54, 1.807) is 6.07 Å². The van der Waals surface area contributed by atoms with Crippen LogP contribution in [0.5, 0.6) is 0 Å². The van der Waals surface area contributed by atoms with Crippen LogP contribution in [0.25, 0.3) is 11.6 Å². The van der Waals surface area contributed by atoms with Crippen molar-refractivity contribution in [3.63, 3.8) is 0 Å². The van der Waals surface area contributed by atoms with Gasteiger partial charge in [-0.15, -0.1) is 0 Å². The summed E-state index contributed by atoms with van der Waals surface area (Å²) in [6.45, 7) is 4.14. The highest BCUT2D eigenvalue weighted by atomic mass is 16.2. The van der Waals surface area contributed by atoms with E-state index in [4.69, 9.17) is 0 Å². The zero-order valence-corrected chi connectivity index (χ0v) is 10.3. The van der Waals surface area contributed by atoms with Gasteiger partial charge in [0.05, 0.1) is 0 Å². The van der Waals surface area contributed by atoms with Crippen molar-refractivity contribution in [1.82, 2.24) is 5.32 Å². The van der Waals surface area contributed by atoms with Gasteiger partial charge < -0.3 is 0 Å². The number of imide groups is 1. The van der Waals surface area contributed by atoms with Crippen molar-refractivity contribution in [1.29, 1.82) is 0 Å². The summed E-state index contributed by atoms with van der Waals surface area (Å²) in [6.07, 6.45) is 5.89. The molecular weight excluding hydrogens is 226 g/mol. The Labute approximate surface area is 105 Å². The summed E-state index contributed by atoms with van der Waals surface area (Å²) in [4.78, 5) is 23.7. The van der Waals surface area contributed by atoms with Gasteiger partial charge in [-0.3, -0.25) is 14.9 Å². The lowest BCUT2D eigenvalue weighted by atomic mass is 9.92. The molecule has 1 aromatic carbocycles. The highest BCUT2D eigenvalue weighted by molar-refractivity contribution is 6.27. The van der Waals surface area contributed by atoms with E-state index in [0.29, 0.717) is 11.1 Å². The largest absolute Gasteiger partial charge is 0.288 e. The van der Waals surface area contributed by atoms with Crippen molar-refractivity contribution in [3.05, 3.63) is 46.4 Å². The van der Waals surface area contributed by atoms with Gasteiger partial charge >= 0.3 is 0 Å². The van der Waals surface area contributed by atoms with Crippen LogP contribution in [-0.2, 0) is 4.79 Å². The van der Waals surface area contributed by atoms with Crippen molar-refractivity contribution in [2.75, 3.05) is 0 Å². The number of benzene rings is 1. The van der Waals surface area contributed by atoms with Crippen LogP contribution in [0.1, 0.15) is 24.2 Å². The van der Waals surface area contributed by atoms with Gasteiger partial charge in [0.15, 0.2) is 0 Å². The molecule has 2 aliphatic rings. The quantitative estimate of drug-likeness (QED) is 0.669. The van der Waals surface area contributed by atoms with Crippen LogP contribution in [0, 0.1) is 5.41 Å². The summed E-state index contributed by atoms with van der Waals surface area (Å²) < 4.78 is 0. The molecule has 0 saturated carbocycles. The molecule has 0 aromatic heterocycles. The fraction of sp³-hybridized carbons (Fsp3) is 0.200. The minimum Gasteiger partial charge on any atom is -0.288 e. The van der Waals surface area contributed by atoms with Crippen LogP contribution in [0.3, 0.4) is 0 Å². The first-order valence-electron chi connectivity index (χ1n) is 5.89. The molecule has 90 valence electrons. The molecule has 1 heterocycles. The number of carbonyl (C=O) groups excluding carboxylic acids is 2. The van der Waals surface area contributed by atoms with Crippen LogP contribution in [0.15, 0.2) is 30.4 Å². The van der Waals surface area contributed by atoms with Gasteiger partial charge in [-0.2, -0.15) is 0 Å². The van der Waals surface area contributed by atoms with Gasteiger partial charge in [-0.1, -0.05) is 44.2 Å². The maximum atomic E-state index is 11.9. The molecule has 0 unspecified atom stereocenters. The Morgan fingerprint density at radius 3 is 2.67 bits per heavy atom. The second kappa shape index (κ2) is 3.42. The molecule has 0 radical (unpaired) electrons. The van der Waals surface area contributed by atoms with Crippen molar-refractivity contribution < 1.29 is 9.59 Å². The fourth-order valence-electron chi connectivity index (χ4n) is 2.44. The van der Waals surface area contributed by atoms with Gasteiger partial charge in [-0.05, 0) is 11.3 Å². The predicted octanol–water partition coefficient (Wildman–Crippen LogP) is 0.484.